The van der Waals surface area contributed by atoms with E-state index in [4.69, 9.17) is 18.9 Å². The summed E-state index contributed by atoms with van der Waals surface area (Å²) < 4.78 is 21.4. The molecule has 0 atom stereocenters. The molecule has 0 aliphatic heterocycles. The second kappa shape index (κ2) is 13.3. The maximum atomic E-state index is 5.68. The van der Waals surface area contributed by atoms with Crippen molar-refractivity contribution in [3.63, 3.8) is 0 Å². The fourth-order valence-electron chi connectivity index (χ4n) is 2.76. The zero-order valence-electron chi connectivity index (χ0n) is 18.2. The predicted molar refractivity (Wildman–Crippen MR) is 118 cm³/mol. The molecular formula is C22H32N4O4. The Balaban J connectivity index is 1.95. The molecule has 0 aliphatic rings. The fourth-order valence-corrected chi connectivity index (χ4v) is 2.76. The van der Waals surface area contributed by atoms with E-state index in [-0.39, 0.29) is 0 Å². The molecule has 0 saturated heterocycles. The van der Waals surface area contributed by atoms with E-state index >= 15 is 0 Å². The van der Waals surface area contributed by atoms with Gasteiger partial charge in [-0.2, -0.15) is 0 Å². The van der Waals surface area contributed by atoms with Gasteiger partial charge in [-0.25, -0.2) is 9.98 Å². The Morgan fingerprint density at radius 2 is 1.87 bits per heavy atom. The SMILES string of the molecule is CCNC(=NCc1cccnc1OCCOC)NCCc1ccc(OC)c(OC)c1. The molecule has 8 nitrogen and oxygen atoms in total. The highest BCUT2D eigenvalue weighted by molar-refractivity contribution is 5.79. The van der Waals surface area contributed by atoms with Crippen LogP contribution in [0, 0.1) is 0 Å². The van der Waals surface area contributed by atoms with E-state index in [0.29, 0.717) is 25.6 Å². The average Bonchev–Trinajstić information content (AvgIpc) is 2.78. The van der Waals surface area contributed by atoms with Crippen molar-refractivity contribution in [2.24, 2.45) is 4.99 Å². The number of guanidine groups is 1. The number of nitrogens with one attached hydrogen (secondary N) is 2. The molecule has 2 N–H and O–H groups in total. The quantitative estimate of drug-likeness (QED) is 0.312. The molecule has 0 spiro atoms. The normalized spacial score (nSPS) is 11.1. The highest BCUT2D eigenvalue weighted by Crippen LogP contribution is 2.27. The first-order chi connectivity index (χ1) is 14.7. The number of nitrogens with zero attached hydrogens (tertiary/aromatic N) is 2. The Bertz CT molecular complexity index is 798. The molecule has 2 rings (SSSR count). The van der Waals surface area contributed by atoms with E-state index in [9.17, 15) is 0 Å². The Morgan fingerprint density at radius 1 is 1.03 bits per heavy atom. The molecule has 164 valence electrons. The Labute approximate surface area is 178 Å². The standard InChI is InChI=1S/C22H32N4O4/c1-5-23-22(25-12-10-17-8-9-19(28-3)20(15-17)29-4)26-16-18-7-6-11-24-21(18)30-14-13-27-2/h6-9,11,15H,5,10,12-14,16H2,1-4H3,(H2,23,25,26). The molecule has 0 unspecified atom stereocenters. The minimum atomic E-state index is 0.452. The van der Waals surface area contributed by atoms with E-state index in [1.165, 1.54) is 0 Å². The number of pyridine rings is 1. The number of aromatic nitrogens is 1. The van der Waals surface area contributed by atoms with Crippen LogP contribution in [0.2, 0.25) is 0 Å². The van der Waals surface area contributed by atoms with Crippen LogP contribution in [-0.2, 0) is 17.7 Å². The molecule has 1 aromatic heterocycles. The van der Waals surface area contributed by atoms with Crippen LogP contribution >= 0.6 is 0 Å². The molecule has 1 aromatic carbocycles. The summed E-state index contributed by atoms with van der Waals surface area (Å²) in [5, 5.41) is 6.63. The van der Waals surface area contributed by atoms with Gasteiger partial charge in [0.2, 0.25) is 5.88 Å². The molecule has 0 aliphatic carbocycles. The van der Waals surface area contributed by atoms with E-state index < -0.39 is 0 Å². The summed E-state index contributed by atoms with van der Waals surface area (Å²) in [5.74, 6) is 2.78. The number of rotatable bonds is 12. The minimum Gasteiger partial charge on any atom is -0.493 e. The Morgan fingerprint density at radius 3 is 2.60 bits per heavy atom. The maximum Gasteiger partial charge on any atom is 0.218 e. The first-order valence-electron chi connectivity index (χ1n) is 10.0. The minimum absolute atomic E-state index is 0.452. The fraction of sp³-hybridized carbons (Fsp3) is 0.455. The second-order valence-electron chi connectivity index (χ2n) is 6.37. The molecule has 0 bridgehead atoms. The zero-order chi connectivity index (χ0) is 21.6. The Kier molecular flexibility index (Phi) is 10.3. The lowest BCUT2D eigenvalue weighted by Crippen LogP contribution is -2.38. The predicted octanol–water partition coefficient (Wildman–Crippen LogP) is 2.42. The van der Waals surface area contributed by atoms with Crippen LogP contribution in [0.1, 0.15) is 18.1 Å². The lowest BCUT2D eigenvalue weighted by molar-refractivity contribution is 0.143. The number of benzene rings is 1. The smallest absolute Gasteiger partial charge is 0.218 e. The van der Waals surface area contributed by atoms with Gasteiger partial charge in [0.1, 0.15) is 6.61 Å². The molecule has 0 fully saturated rings. The van der Waals surface area contributed by atoms with Gasteiger partial charge in [0.15, 0.2) is 17.5 Å². The van der Waals surface area contributed by atoms with Gasteiger partial charge >= 0.3 is 0 Å². The van der Waals surface area contributed by atoms with Crippen LogP contribution < -0.4 is 24.8 Å². The highest BCUT2D eigenvalue weighted by Gasteiger charge is 2.07. The third-order valence-corrected chi connectivity index (χ3v) is 4.28. The van der Waals surface area contributed by atoms with E-state index in [1.54, 1.807) is 27.5 Å². The van der Waals surface area contributed by atoms with Crippen LogP contribution in [0.3, 0.4) is 0 Å². The molecular weight excluding hydrogens is 384 g/mol. The van der Waals surface area contributed by atoms with Gasteiger partial charge in [0, 0.05) is 32.0 Å². The topological polar surface area (TPSA) is 86.2 Å². The summed E-state index contributed by atoms with van der Waals surface area (Å²) >= 11 is 0. The summed E-state index contributed by atoms with van der Waals surface area (Å²) in [6.45, 7) is 4.96. The molecule has 30 heavy (non-hydrogen) atoms. The Hall–Kier alpha value is -3.00. The first kappa shape index (κ1) is 23.3. The summed E-state index contributed by atoms with van der Waals surface area (Å²) in [6, 6.07) is 9.79. The van der Waals surface area contributed by atoms with Gasteiger partial charge in [-0.3, -0.25) is 0 Å². The van der Waals surface area contributed by atoms with E-state index in [2.05, 4.69) is 20.6 Å². The summed E-state index contributed by atoms with van der Waals surface area (Å²) in [6.07, 6.45) is 2.53. The summed E-state index contributed by atoms with van der Waals surface area (Å²) in [5.41, 5.74) is 2.07. The van der Waals surface area contributed by atoms with Gasteiger partial charge in [-0.15, -0.1) is 0 Å². The van der Waals surface area contributed by atoms with Gasteiger partial charge in [-0.05, 0) is 37.1 Å². The largest absolute Gasteiger partial charge is 0.493 e. The van der Waals surface area contributed by atoms with Crippen molar-refractivity contribution in [2.75, 3.05) is 47.6 Å². The van der Waals surface area contributed by atoms with Crippen molar-refractivity contribution in [3.8, 4) is 17.4 Å². The lowest BCUT2D eigenvalue weighted by atomic mass is 10.1. The van der Waals surface area contributed by atoms with Crippen LogP contribution in [0.5, 0.6) is 17.4 Å². The molecule has 1 heterocycles. The van der Waals surface area contributed by atoms with Crippen LogP contribution in [0.25, 0.3) is 0 Å². The maximum absolute atomic E-state index is 5.68. The van der Waals surface area contributed by atoms with Crippen molar-refractivity contribution in [1.82, 2.24) is 15.6 Å². The number of hydrogen-bond acceptors (Lipinski definition) is 6. The van der Waals surface area contributed by atoms with Crippen molar-refractivity contribution >= 4 is 5.96 Å². The molecule has 0 saturated carbocycles. The van der Waals surface area contributed by atoms with Crippen molar-refractivity contribution in [1.29, 1.82) is 0 Å². The second-order valence-corrected chi connectivity index (χ2v) is 6.37. The van der Waals surface area contributed by atoms with E-state index in [0.717, 1.165) is 48.1 Å². The van der Waals surface area contributed by atoms with Gasteiger partial charge in [-0.1, -0.05) is 12.1 Å². The van der Waals surface area contributed by atoms with Gasteiger partial charge < -0.3 is 29.6 Å². The highest BCUT2D eigenvalue weighted by atomic mass is 16.5. The lowest BCUT2D eigenvalue weighted by Gasteiger charge is -2.13. The molecule has 0 radical (unpaired) electrons. The number of hydrogen-bond donors (Lipinski definition) is 2. The van der Waals surface area contributed by atoms with Crippen molar-refractivity contribution < 1.29 is 18.9 Å². The molecule has 8 heteroatoms. The van der Waals surface area contributed by atoms with E-state index in [1.807, 2.05) is 37.3 Å². The van der Waals surface area contributed by atoms with Crippen molar-refractivity contribution in [2.45, 2.75) is 19.9 Å². The summed E-state index contributed by atoms with van der Waals surface area (Å²) in [4.78, 5) is 8.96. The monoisotopic (exact) mass is 416 g/mol. The number of aliphatic imine (C=N–C) groups is 1. The van der Waals surface area contributed by atoms with Crippen molar-refractivity contribution in [3.05, 3.63) is 47.7 Å². The first-order valence-corrected chi connectivity index (χ1v) is 10.0. The molecule has 2 aromatic rings. The third-order valence-electron chi connectivity index (χ3n) is 4.28. The van der Waals surface area contributed by atoms with Crippen LogP contribution in [0.15, 0.2) is 41.5 Å². The number of methoxy groups -OCH3 is 3. The zero-order valence-corrected chi connectivity index (χ0v) is 18.2. The van der Waals surface area contributed by atoms with Gasteiger partial charge in [0.05, 0.1) is 27.4 Å². The summed E-state index contributed by atoms with van der Waals surface area (Å²) in [7, 11) is 4.92. The average molecular weight is 417 g/mol. The van der Waals surface area contributed by atoms with Gasteiger partial charge in [0.25, 0.3) is 0 Å². The third kappa shape index (κ3) is 7.44. The number of ether oxygens (including phenoxy) is 4. The van der Waals surface area contributed by atoms with Crippen LogP contribution in [0.4, 0.5) is 0 Å². The van der Waals surface area contributed by atoms with Crippen LogP contribution in [-0.4, -0.2) is 58.6 Å². The molecule has 0 amide bonds.